The first-order valence-corrected chi connectivity index (χ1v) is 7.00. The molecule has 100 valence electrons. The van der Waals surface area contributed by atoms with Crippen LogP contribution < -0.4 is 5.32 Å². The van der Waals surface area contributed by atoms with Crippen molar-refractivity contribution in [3.05, 3.63) is 17.6 Å². The van der Waals surface area contributed by atoms with Crippen molar-refractivity contribution in [1.29, 1.82) is 0 Å². The highest BCUT2D eigenvalue weighted by atomic mass is 16.5. The molecule has 0 aliphatic carbocycles. The van der Waals surface area contributed by atoms with Gasteiger partial charge in [-0.25, -0.2) is 9.97 Å². The predicted molar refractivity (Wildman–Crippen MR) is 72.7 cm³/mol. The third-order valence-electron chi connectivity index (χ3n) is 3.18. The van der Waals surface area contributed by atoms with Crippen molar-refractivity contribution in [3.8, 4) is 0 Å². The van der Waals surface area contributed by atoms with Crippen molar-refractivity contribution in [2.75, 3.05) is 11.9 Å². The Morgan fingerprint density at radius 3 is 2.78 bits per heavy atom. The summed E-state index contributed by atoms with van der Waals surface area (Å²) in [6.45, 7) is 7.24. The van der Waals surface area contributed by atoms with Crippen molar-refractivity contribution in [1.82, 2.24) is 9.97 Å². The van der Waals surface area contributed by atoms with Crippen LogP contribution in [0.5, 0.6) is 0 Å². The molecule has 0 bridgehead atoms. The SMILES string of the molecule is CCCc1cc(NCC)nc(C2CCC(C)O2)n1. The highest BCUT2D eigenvalue weighted by Gasteiger charge is 2.26. The molecular weight excluding hydrogens is 226 g/mol. The van der Waals surface area contributed by atoms with Gasteiger partial charge in [-0.1, -0.05) is 13.3 Å². The highest BCUT2D eigenvalue weighted by Crippen LogP contribution is 2.31. The van der Waals surface area contributed by atoms with Crippen LogP contribution in [0.25, 0.3) is 0 Å². The Morgan fingerprint density at radius 2 is 2.17 bits per heavy atom. The topological polar surface area (TPSA) is 47.0 Å². The lowest BCUT2D eigenvalue weighted by Gasteiger charge is -2.13. The van der Waals surface area contributed by atoms with Gasteiger partial charge in [0, 0.05) is 18.3 Å². The molecular formula is C14H23N3O. The summed E-state index contributed by atoms with van der Waals surface area (Å²) in [5.41, 5.74) is 1.11. The molecule has 2 rings (SSSR count). The Morgan fingerprint density at radius 1 is 1.33 bits per heavy atom. The fourth-order valence-electron chi connectivity index (χ4n) is 2.31. The minimum atomic E-state index is 0.0780. The molecule has 0 aromatic carbocycles. The maximum absolute atomic E-state index is 5.86. The summed E-state index contributed by atoms with van der Waals surface area (Å²) in [5, 5.41) is 3.27. The van der Waals surface area contributed by atoms with Gasteiger partial charge in [0.2, 0.25) is 0 Å². The smallest absolute Gasteiger partial charge is 0.159 e. The van der Waals surface area contributed by atoms with Crippen LogP contribution in [0.4, 0.5) is 5.82 Å². The largest absolute Gasteiger partial charge is 0.370 e. The van der Waals surface area contributed by atoms with E-state index in [9.17, 15) is 0 Å². The van der Waals surface area contributed by atoms with Gasteiger partial charge in [-0.2, -0.15) is 0 Å². The second-order valence-electron chi connectivity index (χ2n) is 4.90. The van der Waals surface area contributed by atoms with Crippen LogP contribution in [0.15, 0.2) is 6.07 Å². The van der Waals surface area contributed by atoms with Gasteiger partial charge < -0.3 is 10.1 Å². The molecule has 2 heterocycles. The summed E-state index contributed by atoms with van der Waals surface area (Å²) in [5.74, 6) is 1.77. The number of nitrogens with zero attached hydrogens (tertiary/aromatic N) is 2. The van der Waals surface area contributed by atoms with Crippen molar-refractivity contribution in [2.24, 2.45) is 0 Å². The van der Waals surface area contributed by atoms with Crippen molar-refractivity contribution in [2.45, 2.75) is 58.7 Å². The van der Waals surface area contributed by atoms with E-state index in [1.165, 1.54) is 0 Å². The van der Waals surface area contributed by atoms with Gasteiger partial charge in [-0.3, -0.25) is 0 Å². The second-order valence-corrected chi connectivity index (χ2v) is 4.90. The van der Waals surface area contributed by atoms with Crippen molar-refractivity contribution >= 4 is 5.82 Å². The van der Waals surface area contributed by atoms with Crippen LogP contribution in [-0.2, 0) is 11.2 Å². The lowest BCUT2D eigenvalue weighted by atomic mass is 10.2. The summed E-state index contributed by atoms with van der Waals surface area (Å²) in [6.07, 6.45) is 4.63. The zero-order chi connectivity index (χ0) is 13.0. The van der Waals surface area contributed by atoms with E-state index in [-0.39, 0.29) is 6.10 Å². The van der Waals surface area contributed by atoms with Crippen molar-refractivity contribution in [3.63, 3.8) is 0 Å². The number of rotatable bonds is 5. The standard InChI is InChI=1S/C14H23N3O/c1-4-6-11-9-13(15-5-2)17-14(16-11)12-8-7-10(3)18-12/h9-10,12H,4-8H2,1-3H3,(H,15,16,17). The molecule has 4 heteroatoms. The molecule has 1 N–H and O–H groups in total. The minimum absolute atomic E-state index is 0.0780. The lowest BCUT2D eigenvalue weighted by molar-refractivity contribution is 0.0502. The van der Waals surface area contributed by atoms with Gasteiger partial charge in [0.05, 0.1) is 6.10 Å². The molecule has 18 heavy (non-hydrogen) atoms. The number of ether oxygens (including phenoxy) is 1. The molecule has 1 fully saturated rings. The Bertz CT molecular complexity index is 370. The molecule has 0 saturated carbocycles. The van der Waals surface area contributed by atoms with E-state index in [4.69, 9.17) is 4.74 Å². The molecule has 1 aromatic heterocycles. The zero-order valence-electron chi connectivity index (χ0n) is 11.6. The minimum Gasteiger partial charge on any atom is -0.370 e. The fourth-order valence-corrected chi connectivity index (χ4v) is 2.31. The third-order valence-corrected chi connectivity index (χ3v) is 3.18. The molecule has 4 nitrogen and oxygen atoms in total. The Balaban J connectivity index is 2.21. The van der Waals surface area contributed by atoms with E-state index >= 15 is 0 Å². The van der Waals surface area contributed by atoms with Gasteiger partial charge >= 0.3 is 0 Å². The molecule has 0 radical (unpaired) electrons. The first kappa shape index (κ1) is 13.3. The van der Waals surface area contributed by atoms with E-state index in [1.54, 1.807) is 0 Å². The molecule has 2 atom stereocenters. The Labute approximate surface area is 109 Å². The van der Waals surface area contributed by atoms with Gasteiger partial charge in [0.25, 0.3) is 0 Å². The van der Waals surface area contributed by atoms with Gasteiger partial charge in [-0.05, 0) is 33.1 Å². The van der Waals surface area contributed by atoms with Crippen LogP contribution in [0.2, 0.25) is 0 Å². The van der Waals surface area contributed by atoms with Gasteiger partial charge in [-0.15, -0.1) is 0 Å². The molecule has 1 aliphatic heterocycles. The Kier molecular flexibility index (Phi) is 4.53. The number of nitrogens with one attached hydrogen (secondary N) is 1. The first-order valence-electron chi connectivity index (χ1n) is 7.00. The fraction of sp³-hybridized carbons (Fsp3) is 0.714. The monoisotopic (exact) mass is 249 g/mol. The van der Waals surface area contributed by atoms with Crippen LogP contribution in [0.3, 0.4) is 0 Å². The van der Waals surface area contributed by atoms with Crippen LogP contribution in [0, 0.1) is 0 Å². The lowest BCUT2D eigenvalue weighted by Crippen LogP contribution is -2.10. The average Bonchev–Trinajstić information content (AvgIpc) is 2.76. The van der Waals surface area contributed by atoms with Crippen LogP contribution >= 0.6 is 0 Å². The predicted octanol–water partition coefficient (Wildman–Crippen LogP) is 3.10. The van der Waals surface area contributed by atoms with E-state index in [2.05, 4.69) is 42.1 Å². The maximum Gasteiger partial charge on any atom is 0.159 e. The Hall–Kier alpha value is -1.16. The molecule has 2 unspecified atom stereocenters. The van der Waals surface area contributed by atoms with Gasteiger partial charge in [0.1, 0.15) is 11.9 Å². The number of hydrogen-bond acceptors (Lipinski definition) is 4. The van der Waals surface area contributed by atoms with Crippen molar-refractivity contribution < 1.29 is 4.74 Å². The zero-order valence-corrected chi connectivity index (χ0v) is 11.6. The summed E-state index contributed by atoms with van der Waals surface area (Å²) in [6, 6.07) is 2.05. The van der Waals surface area contributed by atoms with E-state index in [0.29, 0.717) is 6.10 Å². The summed E-state index contributed by atoms with van der Waals surface area (Å²) >= 11 is 0. The number of aromatic nitrogens is 2. The summed E-state index contributed by atoms with van der Waals surface area (Å²) in [7, 11) is 0. The molecule has 1 aromatic rings. The number of hydrogen-bond donors (Lipinski definition) is 1. The van der Waals surface area contributed by atoms with Crippen LogP contribution in [-0.4, -0.2) is 22.6 Å². The van der Waals surface area contributed by atoms with Gasteiger partial charge in [0.15, 0.2) is 5.82 Å². The van der Waals surface area contributed by atoms with E-state index in [1.807, 2.05) is 0 Å². The molecule has 0 spiro atoms. The highest BCUT2D eigenvalue weighted by molar-refractivity contribution is 5.36. The molecule has 0 amide bonds. The first-order chi connectivity index (χ1) is 8.72. The normalized spacial score (nSPS) is 23.3. The third kappa shape index (κ3) is 3.19. The second kappa shape index (κ2) is 6.14. The quantitative estimate of drug-likeness (QED) is 0.871. The number of aryl methyl sites for hydroxylation is 1. The van der Waals surface area contributed by atoms with Crippen LogP contribution in [0.1, 0.15) is 57.7 Å². The molecule has 1 aliphatic rings. The summed E-state index contributed by atoms with van der Waals surface area (Å²) < 4.78 is 5.86. The summed E-state index contributed by atoms with van der Waals surface area (Å²) in [4.78, 5) is 9.22. The van der Waals surface area contributed by atoms with E-state index in [0.717, 1.165) is 49.6 Å². The molecule has 1 saturated heterocycles. The average molecular weight is 249 g/mol. The van der Waals surface area contributed by atoms with E-state index < -0.39 is 0 Å². The maximum atomic E-state index is 5.86. The number of anilines is 1.